The standard InChI is InChI=1S/C8H13N3O2/c1-5(2)6-3-7(11-10-6)9-8(13)4-12/h3,5,12H,4H2,1-2H3,(H2,9,10,11,13). The van der Waals surface area contributed by atoms with E-state index in [1.54, 1.807) is 6.07 Å². The summed E-state index contributed by atoms with van der Waals surface area (Å²) in [5, 5.41) is 17.5. The SMILES string of the molecule is CC(C)c1cc(NC(=O)CO)n[nH]1. The lowest BCUT2D eigenvalue weighted by atomic mass is 10.1. The number of hydrogen-bond acceptors (Lipinski definition) is 3. The van der Waals surface area contributed by atoms with Gasteiger partial charge < -0.3 is 10.4 Å². The third-order valence-electron chi connectivity index (χ3n) is 1.63. The van der Waals surface area contributed by atoms with Crippen molar-refractivity contribution >= 4 is 11.7 Å². The van der Waals surface area contributed by atoms with Crippen LogP contribution in [0.4, 0.5) is 5.82 Å². The maximum atomic E-state index is 10.7. The minimum Gasteiger partial charge on any atom is -0.387 e. The first-order chi connectivity index (χ1) is 6.13. The molecule has 0 spiro atoms. The Morgan fingerprint density at radius 2 is 2.46 bits per heavy atom. The van der Waals surface area contributed by atoms with E-state index in [0.29, 0.717) is 11.7 Å². The summed E-state index contributed by atoms with van der Waals surface area (Å²) >= 11 is 0. The molecule has 1 amide bonds. The molecule has 1 rings (SSSR count). The molecule has 0 saturated carbocycles. The van der Waals surface area contributed by atoms with Crippen LogP contribution < -0.4 is 5.32 Å². The number of H-pyrrole nitrogens is 1. The van der Waals surface area contributed by atoms with E-state index in [9.17, 15) is 4.79 Å². The molecule has 0 radical (unpaired) electrons. The summed E-state index contributed by atoms with van der Waals surface area (Å²) in [4.78, 5) is 10.7. The molecule has 0 unspecified atom stereocenters. The topological polar surface area (TPSA) is 78.0 Å². The van der Waals surface area contributed by atoms with Crippen molar-refractivity contribution in [2.75, 3.05) is 11.9 Å². The maximum Gasteiger partial charge on any atom is 0.251 e. The van der Waals surface area contributed by atoms with Crippen molar-refractivity contribution in [1.29, 1.82) is 0 Å². The Morgan fingerprint density at radius 3 is 2.92 bits per heavy atom. The Hall–Kier alpha value is -1.36. The quantitative estimate of drug-likeness (QED) is 0.637. The summed E-state index contributed by atoms with van der Waals surface area (Å²) in [5.74, 6) is 0.330. The van der Waals surface area contributed by atoms with E-state index in [1.165, 1.54) is 0 Å². The molecular formula is C8H13N3O2. The van der Waals surface area contributed by atoms with Gasteiger partial charge in [0.05, 0.1) is 0 Å². The Balaban J connectivity index is 2.64. The number of aliphatic hydroxyl groups is 1. The summed E-state index contributed by atoms with van der Waals surface area (Å²) in [6.07, 6.45) is 0. The van der Waals surface area contributed by atoms with Gasteiger partial charge >= 0.3 is 0 Å². The maximum absolute atomic E-state index is 10.7. The summed E-state index contributed by atoms with van der Waals surface area (Å²) < 4.78 is 0. The van der Waals surface area contributed by atoms with Crippen LogP contribution >= 0.6 is 0 Å². The van der Waals surface area contributed by atoms with Gasteiger partial charge in [0.2, 0.25) is 0 Å². The highest BCUT2D eigenvalue weighted by Gasteiger charge is 2.06. The number of anilines is 1. The smallest absolute Gasteiger partial charge is 0.251 e. The van der Waals surface area contributed by atoms with Gasteiger partial charge in [-0.2, -0.15) is 5.10 Å². The number of rotatable bonds is 3. The van der Waals surface area contributed by atoms with Crippen molar-refractivity contribution in [2.24, 2.45) is 0 Å². The van der Waals surface area contributed by atoms with Crippen molar-refractivity contribution < 1.29 is 9.90 Å². The van der Waals surface area contributed by atoms with Crippen LogP contribution in [0.25, 0.3) is 0 Å². The van der Waals surface area contributed by atoms with Crippen molar-refractivity contribution in [2.45, 2.75) is 19.8 Å². The number of nitrogens with zero attached hydrogens (tertiary/aromatic N) is 1. The minimum absolute atomic E-state index is 0.340. The zero-order valence-corrected chi connectivity index (χ0v) is 7.66. The average molecular weight is 183 g/mol. The molecule has 0 saturated heterocycles. The molecule has 0 aliphatic carbocycles. The van der Waals surface area contributed by atoms with E-state index in [-0.39, 0.29) is 0 Å². The first kappa shape index (κ1) is 9.73. The third kappa shape index (κ3) is 2.55. The molecule has 1 heterocycles. The van der Waals surface area contributed by atoms with E-state index in [2.05, 4.69) is 15.5 Å². The molecule has 0 fully saturated rings. The lowest BCUT2D eigenvalue weighted by Crippen LogP contribution is -2.15. The van der Waals surface area contributed by atoms with E-state index in [4.69, 9.17) is 5.11 Å². The van der Waals surface area contributed by atoms with Gasteiger partial charge in [0.1, 0.15) is 6.61 Å². The number of amides is 1. The number of aromatic amines is 1. The second kappa shape index (κ2) is 4.04. The van der Waals surface area contributed by atoms with Gasteiger partial charge in [-0.05, 0) is 5.92 Å². The molecule has 0 aromatic carbocycles. The third-order valence-corrected chi connectivity index (χ3v) is 1.63. The minimum atomic E-state index is -0.524. The summed E-state index contributed by atoms with van der Waals surface area (Å²) in [5.41, 5.74) is 0.952. The van der Waals surface area contributed by atoms with Crippen molar-refractivity contribution in [1.82, 2.24) is 10.2 Å². The molecule has 0 atom stereocenters. The molecule has 3 N–H and O–H groups in total. The van der Waals surface area contributed by atoms with Gasteiger partial charge in [-0.1, -0.05) is 13.8 Å². The monoisotopic (exact) mass is 183 g/mol. The Kier molecular flexibility index (Phi) is 3.02. The van der Waals surface area contributed by atoms with Crippen molar-refractivity contribution in [3.05, 3.63) is 11.8 Å². The number of nitrogens with one attached hydrogen (secondary N) is 2. The molecular weight excluding hydrogens is 170 g/mol. The molecule has 1 aromatic heterocycles. The van der Waals surface area contributed by atoms with Gasteiger partial charge in [-0.3, -0.25) is 9.89 Å². The van der Waals surface area contributed by atoms with E-state index in [0.717, 1.165) is 5.69 Å². The number of aliphatic hydroxyl groups excluding tert-OH is 1. The number of aromatic nitrogens is 2. The van der Waals surface area contributed by atoms with Gasteiger partial charge in [0, 0.05) is 11.8 Å². The first-order valence-corrected chi connectivity index (χ1v) is 4.09. The molecule has 72 valence electrons. The van der Waals surface area contributed by atoms with E-state index in [1.807, 2.05) is 13.8 Å². The van der Waals surface area contributed by atoms with Crippen LogP contribution in [0.15, 0.2) is 6.07 Å². The normalized spacial score (nSPS) is 10.5. The first-order valence-electron chi connectivity index (χ1n) is 4.09. The predicted octanol–water partition coefficient (Wildman–Crippen LogP) is 0.464. The number of hydrogen-bond donors (Lipinski definition) is 3. The average Bonchev–Trinajstić information content (AvgIpc) is 2.52. The van der Waals surface area contributed by atoms with E-state index >= 15 is 0 Å². The highest BCUT2D eigenvalue weighted by atomic mass is 16.3. The van der Waals surface area contributed by atoms with Crippen LogP contribution in [0.1, 0.15) is 25.5 Å². The lowest BCUT2D eigenvalue weighted by molar-refractivity contribution is -0.118. The van der Waals surface area contributed by atoms with Crippen LogP contribution in [0, 0.1) is 0 Å². The predicted molar refractivity (Wildman–Crippen MR) is 48.4 cm³/mol. The van der Waals surface area contributed by atoms with Crippen LogP contribution in [0.3, 0.4) is 0 Å². The van der Waals surface area contributed by atoms with Crippen LogP contribution in [0.2, 0.25) is 0 Å². The van der Waals surface area contributed by atoms with Crippen LogP contribution in [0.5, 0.6) is 0 Å². The second-order valence-corrected chi connectivity index (χ2v) is 3.07. The summed E-state index contributed by atoms with van der Waals surface area (Å²) in [7, 11) is 0. The highest BCUT2D eigenvalue weighted by Crippen LogP contribution is 2.14. The summed E-state index contributed by atoms with van der Waals surface area (Å²) in [6, 6.07) is 1.75. The fourth-order valence-electron chi connectivity index (χ4n) is 0.879. The summed E-state index contributed by atoms with van der Waals surface area (Å²) in [6.45, 7) is 3.51. The Labute approximate surface area is 76.2 Å². The lowest BCUT2D eigenvalue weighted by Gasteiger charge is -1.97. The van der Waals surface area contributed by atoms with Crippen molar-refractivity contribution in [3.63, 3.8) is 0 Å². The van der Waals surface area contributed by atoms with Gasteiger partial charge in [-0.25, -0.2) is 0 Å². The van der Waals surface area contributed by atoms with Gasteiger partial charge in [0.15, 0.2) is 5.82 Å². The molecule has 0 aliphatic rings. The zero-order chi connectivity index (χ0) is 9.84. The van der Waals surface area contributed by atoms with E-state index < -0.39 is 12.5 Å². The Morgan fingerprint density at radius 1 is 1.77 bits per heavy atom. The Bertz CT molecular complexity index is 293. The largest absolute Gasteiger partial charge is 0.387 e. The zero-order valence-electron chi connectivity index (χ0n) is 7.66. The highest BCUT2D eigenvalue weighted by molar-refractivity contribution is 5.90. The second-order valence-electron chi connectivity index (χ2n) is 3.07. The molecule has 5 nitrogen and oxygen atoms in total. The van der Waals surface area contributed by atoms with Gasteiger partial charge in [0.25, 0.3) is 5.91 Å². The molecule has 0 bridgehead atoms. The fourth-order valence-corrected chi connectivity index (χ4v) is 0.879. The molecule has 13 heavy (non-hydrogen) atoms. The number of carbonyl (C=O) groups excluding carboxylic acids is 1. The fraction of sp³-hybridized carbons (Fsp3) is 0.500. The van der Waals surface area contributed by atoms with Crippen LogP contribution in [-0.4, -0.2) is 27.8 Å². The molecule has 0 aliphatic heterocycles. The number of carbonyl (C=O) groups is 1. The van der Waals surface area contributed by atoms with Gasteiger partial charge in [-0.15, -0.1) is 0 Å². The van der Waals surface area contributed by atoms with Crippen LogP contribution in [-0.2, 0) is 4.79 Å². The molecule has 5 heteroatoms. The molecule has 1 aromatic rings. The van der Waals surface area contributed by atoms with Crippen molar-refractivity contribution in [3.8, 4) is 0 Å².